The molecular formula is C22H20FNO. The highest BCUT2D eigenvalue weighted by Gasteiger charge is 2.35. The van der Waals surface area contributed by atoms with Crippen LogP contribution in [0.3, 0.4) is 0 Å². The van der Waals surface area contributed by atoms with Crippen LogP contribution in [0.25, 0.3) is 22.3 Å². The van der Waals surface area contributed by atoms with Crippen LogP contribution in [0.4, 0.5) is 4.39 Å². The standard InChI is InChI=1S/C22H20FNO/c1-22(2)12-18-20(15-6-4-3-5-7-15)21(19(13-25)24(18)14-22)16-8-10-17(23)11-9-16/h3-11,13H,12,14H2,1-2H3. The van der Waals surface area contributed by atoms with E-state index in [4.69, 9.17) is 0 Å². The molecule has 4 rings (SSSR count). The molecule has 2 heterocycles. The minimum atomic E-state index is -0.273. The summed E-state index contributed by atoms with van der Waals surface area (Å²) in [5, 5.41) is 0. The van der Waals surface area contributed by atoms with E-state index in [2.05, 4.69) is 30.5 Å². The highest BCUT2D eigenvalue weighted by Crippen LogP contribution is 2.46. The zero-order chi connectivity index (χ0) is 17.6. The number of fused-ring (bicyclic) bond motifs is 1. The number of halogens is 1. The average Bonchev–Trinajstić information content (AvgIpc) is 3.06. The monoisotopic (exact) mass is 333 g/mol. The maximum Gasteiger partial charge on any atom is 0.167 e. The fourth-order valence-electron chi connectivity index (χ4n) is 3.94. The molecule has 0 aliphatic carbocycles. The Morgan fingerprint density at radius 1 is 0.960 bits per heavy atom. The van der Waals surface area contributed by atoms with E-state index in [9.17, 15) is 9.18 Å². The third kappa shape index (κ3) is 2.60. The molecule has 3 heteroatoms. The van der Waals surface area contributed by atoms with Gasteiger partial charge in [-0.05, 0) is 35.1 Å². The molecule has 25 heavy (non-hydrogen) atoms. The van der Waals surface area contributed by atoms with Gasteiger partial charge in [-0.25, -0.2) is 4.39 Å². The molecule has 0 unspecified atom stereocenters. The second-order valence-electron chi connectivity index (χ2n) is 7.50. The summed E-state index contributed by atoms with van der Waals surface area (Å²) in [6.07, 6.45) is 1.86. The van der Waals surface area contributed by atoms with Crippen molar-refractivity contribution in [2.75, 3.05) is 0 Å². The average molecular weight is 333 g/mol. The molecule has 2 aromatic carbocycles. The third-order valence-corrected chi connectivity index (χ3v) is 4.95. The van der Waals surface area contributed by atoms with Crippen molar-refractivity contribution < 1.29 is 9.18 Å². The lowest BCUT2D eigenvalue weighted by Crippen LogP contribution is -2.14. The quantitative estimate of drug-likeness (QED) is 0.592. The Bertz CT molecular complexity index is 936. The number of carbonyl (C=O) groups excluding carboxylic acids is 1. The van der Waals surface area contributed by atoms with Gasteiger partial charge in [0.15, 0.2) is 6.29 Å². The van der Waals surface area contributed by atoms with E-state index >= 15 is 0 Å². The SMILES string of the molecule is CC1(C)Cc2c(-c3ccccc3)c(-c3ccc(F)cc3)c(C=O)n2C1. The van der Waals surface area contributed by atoms with E-state index in [0.717, 1.165) is 41.5 Å². The molecule has 0 saturated heterocycles. The maximum absolute atomic E-state index is 13.4. The number of aromatic nitrogens is 1. The van der Waals surface area contributed by atoms with Gasteiger partial charge in [0.05, 0.1) is 5.69 Å². The molecule has 1 aromatic heterocycles. The van der Waals surface area contributed by atoms with Crippen molar-refractivity contribution in [2.45, 2.75) is 26.8 Å². The van der Waals surface area contributed by atoms with Crippen molar-refractivity contribution in [3.63, 3.8) is 0 Å². The Morgan fingerprint density at radius 3 is 2.24 bits per heavy atom. The van der Waals surface area contributed by atoms with Gasteiger partial charge in [-0.15, -0.1) is 0 Å². The number of rotatable bonds is 3. The molecule has 1 aliphatic heterocycles. The van der Waals surface area contributed by atoms with E-state index in [1.165, 1.54) is 17.8 Å². The summed E-state index contributed by atoms with van der Waals surface area (Å²) in [5.41, 5.74) is 5.98. The minimum Gasteiger partial charge on any atom is -0.341 e. The van der Waals surface area contributed by atoms with Crippen LogP contribution in [0.1, 0.15) is 30.0 Å². The van der Waals surface area contributed by atoms with Gasteiger partial charge in [-0.3, -0.25) is 4.79 Å². The van der Waals surface area contributed by atoms with Crippen LogP contribution in [-0.2, 0) is 13.0 Å². The molecule has 0 N–H and O–H groups in total. The first-order valence-corrected chi connectivity index (χ1v) is 8.52. The topological polar surface area (TPSA) is 22.0 Å². The normalized spacial score (nSPS) is 15.2. The van der Waals surface area contributed by atoms with Gasteiger partial charge in [-0.1, -0.05) is 56.3 Å². The van der Waals surface area contributed by atoms with Gasteiger partial charge in [0.25, 0.3) is 0 Å². The third-order valence-electron chi connectivity index (χ3n) is 4.95. The molecular weight excluding hydrogens is 313 g/mol. The molecule has 2 nitrogen and oxygen atoms in total. The zero-order valence-electron chi connectivity index (χ0n) is 14.4. The van der Waals surface area contributed by atoms with Gasteiger partial charge in [0.2, 0.25) is 0 Å². The molecule has 3 aromatic rings. The van der Waals surface area contributed by atoms with Crippen LogP contribution in [0, 0.1) is 11.2 Å². The summed E-state index contributed by atoms with van der Waals surface area (Å²) >= 11 is 0. The Kier molecular flexibility index (Phi) is 3.60. The minimum absolute atomic E-state index is 0.123. The van der Waals surface area contributed by atoms with Crippen molar-refractivity contribution in [2.24, 2.45) is 5.41 Å². The molecule has 0 amide bonds. The Labute approximate surface area is 146 Å². The van der Waals surface area contributed by atoms with Crippen molar-refractivity contribution in [3.8, 4) is 22.3 Å². The van der Waals surface area contributed by atoms with E-state index in [1.807, 2.05) is 18.2 Å². The van der Waals surface area contributed by atoms with Crippen LogP contribution >= 0.6 is 0 Å². The predicted octanol–water partition coefficient (Wildman–Crippen LogP) is 5.36. The van der Waals surface area contributed by atoms with Crippen molar-refractivity contribution in [1.29, 1.82) is 0 Å². The highest BCUT2D eigenvalue weighted by atomic mass is 19.1. The predicted molar refractivity (Wildman–Crippen MR) is 98.1 cm³/mol. The number of benzene rings is 2. The fourth-order valence-corrected chi connectivity index (χ4v) is 3.94. The second kappa shape index (κ2) is 5.69. The molecule has 0 bridgehead atoms. The molecule has 0 atom stereocenters. The smallest absolute Gasteiger partial charge is 0.167 e. The van der Waals surface area contributed by atoms with E-state index in [0.29, 0.717) is 5.69 Å². The van der Waals surface area contributed by atoms with Crippen molar-refractivity contribution in [3.05, 3.63) is 71.8 Å². The zero-order valence-corrected chi connectivity index (χ0v) is 14.4. The lowest BCUT2D eigenvalue weighted by Gasteiger charge is -2.17. The summed E-state index contributed by atoms with van der Waals surface area (Å²) in [4.78, 5) is 12.0. The lowest BCUT2D eigenvalue weighted by molar-refractivity contribution is 0.111. The molecule has 1 aliphatic rings. The summed E-state index contributed by atoms with van der Waals surface area (Å²) in [6.45, 7) is 5.26. The van der Waals surface area contributed by atoms with Crippen molar-refractivity contribution in [1.82, 2.24) is 4.57 Å². The Morgan fingerprint density at radius 2 is 1.60 bits per heavy atom. The largest absolute Gasteiger partial charge is 0.341 e. The number of carbonyl (C=O) groups is 1. The van der Waals surface area contributed by atoms with Crippen LogP contribution in [-0.4, -0.2) is 10.9 Å². The summed E-state index contributed by atoms with van der Waals surface area (Å²) < 4.78 is 15.5. The highest BCUT2D eigenvalue weighted by molar-refractivity contribution is 5.97. The van der Waals surface area contributed by atoms with Gasteiger partial charge in [0, 0.05) is 23.4 Å². The number of aldehydes is 1. The van der Waals surface area contributed by atoms with Gasteiger partial charge in [0.1, 0.15) is 5.82 Å². The van der Waals surface area contributed by atoms with Crippen LogP contribution in [0.15, 0.2) is 54.6 Å². The first kappa shape index (κ1) is 15.8. The summed E-state index contributed by atoms with van der Waals surface area (Å²) in [7, 11) is 0. The molecule has 0 spiro atoms. The number of hydrogen-bond donors (Lipinski definition) is 0. The van der Waals surface area contributed by atoms with Crippen molar-refractivity contribution >= 4 is 6.29 Å². The second-order valence-corrected chi connectivity index (χ2v) is 7.50. The van der Waals surface area contributed by atoms with E-state index in [-0.39, 0.29) is 11.2 Å². The Hall–Kier alpha value is -2.68. The van der Waals surface area contributed by atoms with Gasteiger partial charge >= 0.3 is 0 Å². The van der Waals surface area contributed by atoms with E-state index in [1.54, 1.807) is 12.1 Å². The summed E-state index contributed by atoms with van der Waals surface area (Å²) in [6, 6.07) is 16.6. The lowest BCUT2D eigenvalue weighted by atomic mass is 9.87. The van der Waals surface area contributed by atoms with Gasteiger partial charge in [-0.2, -0.15) is 0 Å². The fraction of sp³-hybridized carbons (Fsp3) is 0.227. The van der Waals surface area contributed by atoms with Crippen LogP contribution in [0.5, 0.6) is 0 Å². The maximum atomic E-state index is 13.4. The van der Waals surface area contributed by atoms with Crippen LogP contribution in [0.2, 0.25) is 0 Å². The number of nitrogens with zero attached hydrogens (tertiary/aromatic N) is 1. The molecule has 126 valence electrons. The first-order chi connectivity index (χ1) is 12.0. The number of hydrogen-bond acceptors (Lipinski definition) is 1. The molecule has 0 radical (unpaired) electrons. The molecule has 0 saturated carbocycles. The first-order valence-electron chi connectivity index (χ1n) is 8.52. The Balaban J connectivity index is 2.04. The van der Waals surface area contributed by atoms with Gasteiger partial charge < -0.3 is 4.57 Å². The van der Waals surface area contributed by atoms with E-state index < -0.39 is 0 Å². The molecule has 0 fully saturated rings. The van der Waals surface area contributed by atoms with Crippen LogP contribution < -0.4 is 0 Å². The summed E-state index contributed by atoms with van der Waals surface area (Å²) in [5.74, 6) is -0.273.